The molecular formula is C28H35Cl2N2O4+. The average molecular weight is 535 g/mol. The second-order valence-corrected chi connectivity index (χ2v) is 11.7. The number of esters is 1. The third-order valence-corrected chi connectivity index (χ3v) is 8.68. The zero-order valence-electron chi connectivity index (χ0n) is 21.4. The van der Waals surface area contributed by atoms with Crippen LogP contribution in [-0.4, -0.2) is 62.3 Å². The number of hydrogen-bond donors (Lipinski definition) is 1. The van der Waals surface area contributed by atoms with Crippen molar-refractivity contribution in [3.8, 4) is 5.75 Å². The maximum absolute atomic E-state index is 13.0. The highest BCUT2D eigenvalue weighted by Crippen LogP contribution is 2.54. The van der Waals surface area contributed by atoms with E-state index in [-0.39, 0.29) is 29.8 Å². The van der Waals surface area contributed by atoms with Crippen LogP contribution >= 0.6 is 23.2 Å². The predicted octanol–water partition coefficient (Wildman–Crippen LogP) is 4.93. The van der Waals surface area contributed by atoms with E-state index in [0.717, 1.165) is 54.4 Å². The number of piperidine rings is 1. The molecule has 194 valence electrons. The molecule has 3 atom stereocenters. The molecule has 0 unspecified atom stereocenters. The number of nitrogens with zero attached hydrogens (tertiary/aromatic N) is 1. The first-order valence-corrected chi connectivity index (χ1v) is 13.1. The first-order valence-electron chi connectivity index (χ1n) is 12.4. The molecule has 2 aromatic carbocycles. The summed E-state index contributed by atoms with van der Waals surface area (Å²) in [5, 5.41) is 4.19. The topological polar surface area (TPSA) is 64.6 Å². The summed E-state index contributed by atoms with van der Waals surface area (Å²) < 4.78 is 12.7. The molecule has 1 aliphatic carbocycles. The standard InChI is InChI=1S/C28H34Cl2N2O4/c1-19(33)36-23-7-5-6-21(16-23)27-12-13-32(2,3)18-28(27,35-4)11-10-22(17-27)31-26(34)15-20-8-9-24(29)25(30)14-20/h5-9,14,16,22H,10-13,15,17-18H2,1-4H3/p+1/t22-,27-,28-/m0/s1. The number of likely N-dealkylation sites (tertiary alicyclic amines) is 1. The number of likely N-dealkylation sites (N-methyl/N-ethyl adjacent to an activating group) is 1. The van der Waals surface area contributed by atoms with Crippen LogP contribution < -0.4 is 10.1 Å². The lowest BCUT2D eigenvalue weighted by atomic mass is 9.54. The molecule has 8 heteroatoms. The lowest BCUT2D eigenvalue weighted by Gasteiger charge is -2.60. The van der Waals surface area contributed by atoms with Crippen molar-refractivity contribution >= 4 is 35.1 Å². The van der Waals surface area contributed by atoms with Crippen molar-refractivity contribution in [2.24, 2.45) is 0 Å². The minimum absolute atomic E-state index is 0.00496. The summed E-state index contributed by atoms with van der Waals surface area (Å²) in [6.07, 6.45) is 3.53. The highest BCUT2D eigenvalue weighted by Gasteiger charge is 2.62. The van der Waals surface area contributed by atoms with Gasteiger partial charge in [0.15, 0.2) is 0 Å². The van der Waals surface area contributed by atoms with Crippen molar-refractivity contribution < 1.29 is 23.5 Å². The van der Waals surface area contributed by atoms with Gasteiger partial charge < -0.3 is 19.3 Å². The summed E-state index contributed by atoms with van der Waals surface area (Å²) in [5.74, 6) is 0.142. The summed E-state index contributed by atoms with van der Waals surface area (Å²) >= 11 is 12.2. The zero-order valence-corrected chi connectivity index (χ0v) is 22.9. The number of fused-ring (bicyclic) bond motifs is 1. The van der Waals surface area contributed by atoms with Gasteiger partial charge in [-0.05, 0) is 54.7 Å². The zero-order chi connectivity index (χ0) is 26.1. The maximum Gasteiger partial charge on any atom is 0.308 e. The lowest BCUT2D eigenvalue weighted by molar-refractivity contribution is -0.905. The highest BCUT2D eigenvalue weighted by atomic mass is 35.5. The van der Waals surface area contributed by atoms with Gasteiger partial charge in [0, 0.05) is 31.9 Å². The molecule has 1 amide bonds. The van der Waals surface area contributed by atoms with Crippen LogP contribution in [0, 0.1) is 0 Å². The molecule has 0 aromatic heterocycles. The monoisotopic (exact) mass is 533 g/mol. The maximum atomic E-state index is 13.0. The first kappa shape index (κ1) is 26.9. The van der Waals surface area contributed by atoms with Crippen LogP contribution in [0.3, 0.4) is 0 Å². The van der Waals surface area contributed by atoms with Gasteiger partial charge in [-0.25, -0.2) is 0 Å². The number of quaternary nitrogens is 1. The van der Waals surface area contributed by atoms with Gasteiger partial charge in [0.05, 0.1) is 37.1 Å². The largest absolute Gasteiger partial charge is 0.427 e. The Kier molecular flexibility index (Phi) is 7.73. The van der Waals surface area contributed by atoms with Gasteiger partial charge in [-0.1, -0.05) is 41.4 Å². The number of carbonyl (C=O) groups excluding carboxylic acids is 2. The van der Waals surface area contributed by atoms with Crippen LogP contribution in [0.4, 0.5) is 0 Å². The lowest BCUT2D eigenvalue weighted by Crippen LogP contribution is -2.71. The molecule has 1 heterocycles. The van der Waals surface area contributed by atoms with E-state index in [4.69, 9.17) is 32.7 Å². The molecule has 2 aromatic rings. The Hall–Kier alpha value is -2.12. The van der Waals surface area contributed by atoms with E-state index < -0.39 is 5.60 Å². The molecule has 1 N–H and O–H groups in total. The van der Waals surface area contributed by atoms with Crippen molar-refractivity contribution in [3.63, 3.8) is 0 Å². The Morgan fingerprint density at radius 2 is 1.89 bits per heavy atom. The van der Waals surface area contributed by atoms with E-state index in [1.54, 1.807) is 25.3 Å². The third-order valence-electron chi connectivity index (χ3n) is 7.94. The SMILES string of the molecule is CO[C@]12CC[C@H](NC(=O)Cc3ccc(Cl)c(Cl)c3)C[C@]1(c1cccc(OC(C)=O)c1)CC[N+](C)(C)C2. The molecule has 0 spiro atoms. The summed E-state index contributed by atoms with van der Waals surface area (Å²) in [7, 11) is 6.29. The Morgan fingerprint density at radius 3 is 2.58 bits per heavy atom. The first-order chi connectivity index (χ1) is 17.0. The second-order valence-electron chi connectivity index (χ2n) is 10.9. The predicted molar refractivity (Wildman–Crippen MR) is 142 cm³/mol. The number of hydrogen-bond acceptors (Lipinski definition) is 4. The number of amides is 1. The fourth-order valence-corrected chi connectivity index (χ4v) is 6.65. The summed E-state index contributed by atoms with van der Waals surface area (Å²) in [5.41, 5.74) is 1.19. The van der Waals surface area contributed by atoms with E-state index in [9.17, 15) is 9.59 Å². The number of rotatable bonds is 6. The van der Waals surface area contributed by atoms with Crippen LogP contribution in [0.2, 0.25) is 10.0 Å². The van der Waals surface area contributed by atoms with Gasteiger partial charge in [0.25, 0.3) is 0 Å². The van der Waals surface area contributed by atoms with E-state index >= 15 is 0 Å². The number of carbonyl (C=O) groups is 2. The second kappa shape index (κ2) is 10.3. The van der Waals surface area contributed by atoms with E-state index in [1.807, 2.05) is 18.2 Å². The Morgan fingerprint density at radius 1 is 1.11 bits per heavy atom. The molecule has 2 fully saturated rings. The van der Waals surface area contributed by atoms with Gasteiger partial charge in [0.2, 0.25) is 5.91 Å². The van der Waals surface area contributed by atoms with Crippen LogP contribution in [-0.2, 0) is 26.2 Å². The van der Waals surface area contributed by atoms with E-state index in [0.29, 0.717) is 15.8 Å². The minimum Gasteiger partial charge on any atom is -0.427 e. The molecular weight excluding hydrogens is 499 g/mol. The third kappa shape index (κ3) is 5.42. The highest BCUT2D eigenvalue weighted by molar-refractivity contribution is 6.42. The molecule has 4 rings (SSSR count). The Balaban J connectivity index is 1.63. The molecule has 6 nitrogen and oxygen atoms in total. The molecule has 1 saturated heterocycles. The fraction of sp³-hybridized carbons (Fsp3) is 0.500. The van der Waals surface area contributed by atoms with Crippen molar-refractivity contribution in [1.29, 1.82) is 0 Å². The Labute approximate surface area is 223 Å². The number of nitrogens with one attached hydrogen (secondary N) is 1. The molecule has 2 aliphatic rings. The summed E-state index contributed by atoms with van der Waals surface area (Å²) in [4.78, 5) is 24.7. The molecule has 1 saturated carbocycles. The van der Waals surface area contributed by atoms with E-state index in [1.165, 1.54) is 6.92 Å². The normalized spacial score (nSPS) is 27.1. The number of methoxy groups -OCH3 is 1. The number of ether oxygens (including phenoxy) is 2. The van der Waals surface area contributed by atoms with Gasteiger partial charge in [-0.3, -0.25) is 9.59 Å². The van der Waals surface area contributed by atoms with Crippen LogP contribution in [0.1, 0.15) is 43.7 Å². The van der Waals surface area contributed by atoms with Crippen LogP contribution in [0.5, 0.6) is 5.75 Å². The minimum atomic E-state index is -0.394. The fourth-order valence-electron chi connectivity index (χ4n) is 6.33. The average Bonchev–Trinajstić information content (AvgIpc) is 2.81. The van der Waals surface area contributed by atoms with Crippen molar-refractivity contribution in [2.45, 2.75) is 56.1 Å². The van der Waals surface area contributed by atoms with Crippen LogP contribution in [0.25, 0.3) is 0 Å². The smallest absolute Gasteiger partial charge is 0.308 e. The molecule has 36 heavy (non-hydrogen) atoms. The Bertz CT molecular complexity index is 1150. The molecule has 0 radical (unpaired) electrons. The van der Waals surface area contributed by atoms with Gasteiger partial charge in [-0.15, -0.1) is 0 Å². The van der Waals surface area contributed by atoms with Gasteiger partial charge in [-0.2, -0.15) is 0 Å². The van der Waals surface area contributed by atoms with Crippen molar-refractivity contribution in [1.82, 2.24) is 5.32 Å². The van der Waals surface area contributed by atoms with Crippen molar-refractivity contribution in [2.75, 3.05) is 34.3 Å². The molecule has 0 bridgehead atoms. The van der Waals surface area contributed by atoms with Crippen LogP contribution in [0.15, 0.2) is 42.5 Å². The molecule has 1 aliphatic heterocycles. The quantitative estimate of drug-likeness (QED) is 0.324. The summed E-state index contributed by atoms with van der Waals surface area (Å²) in [6, 6.07) is 13.1. The van der Waals surface area contributed by atoms with Gasteiger partial charge in [0.1, 0.15) is 17.9 Å². The van der Waals surface area contributed by atoms with Gasteiger partial charge >= 0.3 is 5.97 Å². The number of benzene rings is 2. The van der Waals surface area contributed by atoms with E-state index in [2.05, 4.69) is 25.5 Å². The van der Waals surface area contributed by atoms with Crippen molar-refractivity contribution in [3.05, 3.63) is 63.6 Å². The number of halogens is 2. The summed E-state index contributed by atoms with van der Waals surface area (Å²) in [6.45, 7) is 3.25.